The Morgan fingerprint density at radius 1 is 1.86 bits per heavy atom. The highest BCUT2D eigenvalue weighted by molar-refractivity contribution is 14.1. The third-order valence-corrected chi connectivity index (χ3v) is 1.93. The Morgan fingerprint density at radius 2 is 2.29 bits per heavy atom. The van der Waals surface area contributed by atoms with Gasteiger partial charge < -0.3 is 5.73 Å². The third-order valence-electron chi connectivity index (χ3n) is 1.13. The summed E-state index contributed by atoms with van der Waals surface area (Å²) in [6.45, 7) is 0. The monoisotopic (exact) mass is 211 g/mol. The lowest BCUT2D eigenvalue weighted by Crippen LogP contribution is -2.04. The van der Waals surface area contributed by atoms with Crippen LogP contribution < -0.4 is 5.73 Å². The van der Waals surface area contributed by atoms with Crippen molar-refractivity contribution in [3.05, 3.63) is 0 Å². The minimum absolute atomic E-state index is 0.185. The summed E-state index contributed by atoms with van der Waals surface area (Å²) < 4.78 is 0.213. The van der Waals surface area contributed by atoms with E-state index in [2.05, 4.69) is 0 Å². The Labute approximate surface area is 55.6 Å². The number of halogens is 1. The van der Waals surface area contributed by atoms with Gasteiger partial charge in [-0.1, -0.05) is 0 Å². The highest BCUT2D eigenvalue weighted by Crippen LogP contribution is 2.30. The lowest BCUT2D eigenvalue weighted by atomic mass is 10.5. The van der Waals surface area contributed by atoms with E-state index in [4.69, 9.17) is 5.73 Å². The van der Waals surface area contributed by atoms with Gasteiger partial charge in [-0.05, 0) is 29.0 Å². The molecule has 1 rings (SSSR count). The molecule has 40 valence electrons. The molecule has 0 aromatic heterocycles. The smallest absolute Gasteiger partial charge is 0.197 e. The number of rotatable bonds is 1. The standard InChI is InChI=1S/C4H6INO/c5-4(7)2-1-3(2)6/h2-3H,1,6H2. The number of carbonyl (C=O) groups excluding carboxylic acids is 1. The van der Waals surface area contributed by atoms with E-state index in [9.17, 15) is 4.79 Å². The minimum Gasteiger partial charge on any atom is -0.327 e. The van der Waals surface area contributed by atoms with Crippen LogP contribution in [0.2, 0.25) is 0 Å². The molecule has 0 saturated heterocycles. The third kappa shape index (κ3) is 1.13. The molecule has 2 nitrogen and oxygen atoms in total. The van der Waals surface area contributed by atoms with E-state index >= 15 is 0 Å². The van der Waals surface area contributed by atoms with E-state index in [1.165, 1.54) is 0 Å². The van der Waals surface area contributed by atoms with Gasteiger partial charge in [-0.15, -0.1) is 0 Å². The van der Waals surface area contributed by atoms with Crippen molar-refractivity contribution in [2.24, 2.45) is 11.7 Å². The van der Waals surface area contributed by atoms with Gasteiger partial charge in [0.1, 0.15) is 0 Å². The molecule has 2 N–H and O–H groups in total. The van der Waals surface area contributed by atoms with E-state index in [1.807, 2.05) is 0 Å². The number of hydrogen-bond acceptors (Lipinski definition) is 2. The first-order valence-corrected chi connectivity index (χ1v) is 3.24. The molecular formula is C4H6INO. The minimum atomic E-state index is 0.185. The van der Waals surface area contributed by atoms with Crippen molar-refractivity contribution in [2.45, 2.75) is 12.5 Å². The molecule has 2 unspecified atom stereocenters. The number of hydrogen-bond donors (Lipinski definition) is 1. The number of nitrogens with two attached hydrogens (primary N) is 1. The molecule has 0 heterocycles. The Balaban J connectivity index is 2.33. The summed E-state index contributed by atoms with van der Waals surface area (Å²) in [6.07, 6.45) is 0.905. The summed E-state index contributed by atoms with van der Waals surface area (Å²) in [5.41, 5.74) is 5.34. The van der Waals surface area contributed by atoms with Gasteiger partial charge in [0, 0.05) is 12.0 Å². The van der Waals surface area contributed by atoms with Gasteiger partial charge in [0.25, 0.3) is 0 Å². The summed E-state index contributed by atoms with van der Waals surface area (Å²) in [5.74, 6) is 0.195. The zero-order valence-electron chi connectivity index (χ0n) is 3.73. The molecule has 0 aromatic carbocycles. The molecule has 1 fully saturated rings. The maximum Gasteiger partial charge on any atom is 0.197 e. The van der Waals surface area contributed by atoms with Crippen molar-refractivity contribution in [1.82, 2.24) is 0 Å². The van der Waals surface area contributed by atoms with Crippen molar-refractivity contribution < 1.29 is 4.79 Å². The average Bonchev–Trinajstić information content (AvgIpc) is 2.17. The molecule has 0 aliphatic heterocycles. The lowest BCUT2D eigenvalue weighted by Gasteiger charge is -1.78. The van der Waals surface area contributed by atoms with Crippen LogP contribution in [0.3, 0.4) is 0 Å². The fraction of sp³-hybridized carbons (Fsp3) is 0.750. The fourth-order valence-corrected chi connectivity index (χ4v) is 1.19. The zero-order chi connectivity index (χ0) is 5.44. The maximum atomic E-state index is 10.3. The highest BCUT2D eigenvalue weighted by Gasteiger charge is 2.38. The average molecular weight is 211 g/mol. The quantitative estimate of drug-likeness (QED) is 0.500. The van der Waals surface area contributed by atoms with Crippen LogP contribution in [-0.4, -0.2) is 9.83 Å². The highest BCUT2D eigenvalue weighted by atomic mass is 127. The van der Waals surface area contributed by atoms with Crippen LogP contribution in [0.15, 0.2) is 0 Å². The van der Waals surface area contributed by atoms with Crippen molar-refractivity contribution in [3.8, 4) is 0 Å². The lowest BCUT2D eigenvalue weighted by molar-refractivity contribution is -0.110. The van der Waals surface area contributed by atoms with Crippen LogP contribution in [0.4, 0.5) is 0 Å². The Kier molecular flexibility index (Phi) is 1.34. The van der Waals surface area contributed by atoms with Crippen LogP contribution in [0, 0.1) is 5.92 Å². The predicted octanol–water partition coefficient (Wildman–Crippen LogP) is 0.295. The molecular weight excluding hydrogens is 205 g/mol. The Bertz CT molecular complexity index is 104. The summed E-state index contributed by atoms with van der Waals surface area (Å²) in [4.78, 5) is 10.3. The van der Waals surface area contributed by atoms with Gasteiger partial charge in [0.2, 0.25) is 0 Å². The molecule has 1 aliphatic carbocycles. The van der Waals surface area contributed by atoms with Gasteiger partial charge in [-0.2, -0.15) is 0 Å². The van der Waals surface area contributed by atoms with E-state index in [-0.39, 0.29) is 15.7 Å². The topological polar surface area (TPSA) is 43.1 Å². The molecule has 1 saturated carbocycles. The van der Waals surface area contributed by atoms with E-state index in [0.717, 1.165) is 6.42 Å². The largest absolute Gasteiger partial charge is 0.327 e. The van der Waals surface area contributed by atoms with Gasteiger partial charge in [-0.3, -0.25) is 4.79 Å². The molecule has 3 heteroatoms. The van der Waals surface area contributed by atoms with Crippen LogP contribution in [-0.2, 0) is 4.79 Å². The Hall–Kier alpha value is 0.360. The van der Waals surface area contributed by atoms with Crippen molar-refractivity contribution in [3.63, 3.8) is 0 Å². The van der Waals surface area contributed by atoms with Crippen molar-refractivity contribution in [2.75, 3.05) is 0 Å². The number of carbonyl (C=O) groups is 1. The Morgan fingerprint density at radius 3 is 2.29 bits per heavy atom. The van der Waals surface area contributed by atoms with Gasteiger partial charge in [0.15, 0.2) is 3.79 Å². The molecule has 0 aromatic rings. The van der Waals surface area contributed by atoms with Gasteiger partial charge >= 0.3 is 0 Å². The van der Waals surface area contributed by atoms with E-state index in [0.29, 0.717) is 0 Å². The van der Waals surface area contributed by atoms with Gasteiger partial charge in [-0.25, -0.2) is 0 Å². The maximum absolute atomic E-state index is 10.3. The second-order valence-corrected chi connectivity index (χ2v) is 2.87. The molecule has 7 heavy (non-hydrogen) atoms. The predicted molar refractivity (Wildman–Crippen MR) is 35.1 cm³/mol. The first kappa shape index (κ1) is 5.50. The fourth-order valence-electron chi connectivity index (χ4n) is 0.476. The van der Waals surface area contributed by atoms with Crippen LogP contribution in [0.1, 0.15) is 6.42 Å². The molecule has 1 aliphatic rings. The summed E-state index contributed by atoms with van der Waals surface area (Å²) in [7, 11) is 0. The van der Waals surface area contributed by atoms with Gasteiger partial charge in [0.05, 0.1) is 0 Å². The van der Waals surface area contributed by atoms with Crippen molar-refractivity contribution >= 4 is 26.4 Å². The second-order valence-electron chi connectivity index (χ2n) is 1.81. The molecule has 0 radical (unpaired) electrons. The first-order valence-electron chi connectivity index (χ1n) is 2.16. The molecule has 0 spiro atoms. The normalized spacial score (nSPS) is 38.0. The summed E-state index contributed by atoms with van der Waals surface area (Å²) in [6, 6.07) is 0.185. The van der Waals surface area contributed by atoms with Crippen LogP contribution in [0.25, 0.3) is 0 Å². The molecule has 0 amide bonds. The van der Waals surface area contributed by atoms with Crippen molar-refractivity contribution in [1.29, 1.82) is 0 Å². The van der Waals surface area contributed by atoms with E-state index < -0.39 is 0 Å². The van der Waals surface area contributed by atoms with E-state index in [1.54, 1.807) is 22.6 Å². The SMILES string of the molecule is NC1CC1C(=O)I. The summed E-state index contributed by atoms with van der Waals surface area (Å²) in [5, 5.41) is 0. The van der Waals surface area contributed by atoms with Crippen LogP contribution >= 0.6 is 22.6 Å². The summed E-state index contributed by atoms with van der Waals surface area (Å²) >= 11 is 1.79. The molecule has 2 atom stereocenters. The molecule has 0 bridgehead atoms. The first-order chi connectivity index (χ1) is 3.22. The zero-order valence-corrected chi connectivity index (χ0v) is 5.88. The van der Waals surface area contributed by atoms with Crippen LogP contribution in [0.5, 0.6) is 0 Å². The second kappa shape index (κ2) is 1.70.